The smallest absolute Gasteiger partial charge is 0.334 e. The topological polar surface area (TPSA) is 55.8 Å². The van der Waals surface area contributed by atoms with Gasteiger partial charge in [-0.1, -0.05) is 6.58 Å². The van der Waals surface area contributed by atoms with Crippen molar-refractivity contribution < 1.29 is 18.8 Å². The van der Waals surface area contributed by atoms with Gasteiger partial charge in [0.1, 0.15) is 6.61 Å². The Balaban J connectivity index is 3.89. The standard InChI is InChI=1S/C12H23NO4Si/c1-10(9-11(14)13(2)3)12(15)16-7-8-17-18(4,5)6/h1,7-9H2,2-6H3. The third-order valence-electron chi connectivity index (χ3n) is 2.00. The third-order valence-corrected chi connectivity index (χ3v) is 3.07. The van der Waals surface area contributed by atoms with Gasteiger partial charge in [0.05, 0.1) is 13.0 Å². The summed E-state index contributed by atoms with van der Waals surface area (Å²) < 4.78 is 10.5. The van der Waals surface area contributed by atoms with E-state index in [1.807, 2.05) is 0 Å². The molecule has 0 spiro atoms. The average Bonchev–Trinajstić information content (AvgIpc) is 2.22. The van der Waals surface area contributed by atoms with E-state index in [1.54, 1.807) is 14.1 Å². The van der Waals surface area contributed by atoms with Gasteiger partial charge in [-0.05, 0) is 19.6 Å². The van der Waals surface area contributed by atoms with Gasteiger partial charge in [-0.15, -0.1) is 0 Å². The maximum Gasteiger partial charge on any atom is 0.334 e. The second kappa shape index (κ2) is 7.33. The molecule has 1 amide bonds. The molecule has 18 heavy (non-hydrogen) atoms. The van der Waals surface area contributed by atoms with Crippen molar-refractivity contribution in [3.05, 3.63) is 12.2 Å². The predicted molar refractivity (Wildman–Crippen MR) is 72.7 cm³/mol. The zero-order valence-corrected chi connectivity index (χ0v) is 12.9. The lowest BCUT2D eigenvalue weighted by molar-refractivity contribution is -0.141. The van der Waals surface area contributed by atoms with Gasteiger partial charge in [0.2, 0.25) is 5.91 Å². The van der Waals surface area contributed by atoms with Crippen LogP contribution in [0.1, 0.15) is 6.42 Å². The Bertz CT molecular complexity index is 321. The fraction of sp³-hybridized carbons (Fsp3) is 0.667. The number of rotatable bonds is 7. The molecule has 0 aliphatic rings. The minimum absolute atomic E-state index is 0.0132. The van der Waals surface area contributed by atoms with Crippen molar-refractivity contribution in [2.45, 2.75) is 26.1 Å². The van der Waals surface area contributed by atoms with Crippen LogP contribution in [0, 0.1) is 0 Å². The second-order valence-electron chi connectivity index (χ2n) is 5.17. The Labute approximate surface area is 110 Å². The number of amides is 1. The molecule has 0 radical (unpaired) electrons. The van der Waals surface area contributed by atoms with Crippen LogP contribution >= 0.6 is 0 Å². The molecule has 0 fully saturated rings. The highest BCUT2D eigenvalue weighted by Gasteiger charge is 2.16. The highest BCUT2D eigenvalue weighted by molar-refractivity contribution is 6.69. The Morgan fingerprint density at radius 2 is 1.72 bits per heavy atom. The van der Waals surface area contributed by atoms with Crippen LogP contribution in [0.15, 0.2) is 12.2 Å². The maximum absolute atomic E-state index is 11.5. The first-order valence-electron chi connectivity index (χ1n) is 5.82. The summed E-state index contributed by atoms with van der Waals surface area (Å²) in [5.41, 5.74) is 0.168. The molecule has 0 aromatic heterocycles. The zero-order valence-electron chi connectivity index (χ0n) is 11.9. The minimum Gasteiger partial charge on any atom is -0.460 e. The molecule has 0 saturated heterocycles. The average molecular weight is 273 g/mol. The molecule has 0 saturated carbocycles. The highest BCUT2D eigenvalue weighted by Crippen LogP contribution is 2.05. The van der Waals surface area contributed by atoms with Crippen LogP contribution in [0.3, 0.4) is 0 Å². The lowest BCUT2D eigenvalue weighted by atomic mass is 10.2. The van der Waals surface area contributed by atoms with Crippen molar-refractivity contribution >= 4 is 20.2 Å². The molecule has 5 nitrogen and oxygen atoms in total. The normalized spacial score (nSPS) is 10.9. The first-order valence-corrected chi connectivity index (χ1v) is 9.23. The first kappa shape index (κ1) is 16.9. The molecule has 0 aliphatic carbocycles. The molecule has 0 bridgehead atoms. The van der Waals surface area contributed by atoms with Crippen molar-refractivity contribution in [3.8, 4) is 0 Å². The molecule has 0 aromatic carbocycles. The molecule has 0 aliphatic heterocycles. The Morgan fingerprint density at radius 3 is 2.17 bits per heavy atom. The Hall–Kier alpha value is -1.14. The van der Waals surface area contributed by atoms with Gasteiger partial charge >= 0.3 is 5.97 Å². The van der Waals surface area contributed by atoms with Gasteiger partial charge in [-0.3, -0.25) is 4.79 Å². The number of hydrogen-bond acceptors (Lipinski definition) is 4. The van der Waals surface area contributed by atoms with Crippen molar-refractivity contribution in [3.63, 3.8) is 0 Å². The predicted octanol–water partition coefficient (Wildman–Crippen LogP) is 1.42. The fourth-order valence-corrected chi connectivity index (χ4v) is 1.69. The molecule has 0 heterocycles. The minimum atomic E-state index is -1.57. The number of ether oxygens (including phenoxy) is 1. The number of hydrogen-bond donors (Lipinski definition) is 0. The quantitative estimate of drug-likeness (QED) is 0.305. The number of nitrogens with zero attached hydrogens (tertiary/aromatic N) is 1. The van der Waals surface area contributed by atoms with Gasteiger partial charge < -0.3 is 14.1 Å². The van der Waals surface area contributed by atoms with Crippen molar-refractivity contribution in [1.29, 1.82) is 0 Å². The van der Waals surface area contributed by atoms with E-state index in [9.17, 15) is 9.59 Å². The van der Waals surface area contributed by atoms with Gasteiger partial charge in [0.25, 0.3) is 0 Å². The van der Waals surface area contributed by atoms with E-state index in [4.69, 9.17) is 9.16 Å². The van der Waals surface area contributed by atoms with Crippen LogP contribution in [0.4, 0.5) is 0 Å². The highest BCUT2D eigenvalue weighted by atomic mass is 28.4. The number of carbonyl (C=O) groups is 2. The van der Waals surface area contributed by atoms with E-state index in [0.717, 1.165) is 0 Å². The maximum atomic E-state index is 11.5. The van der Waals surface area contributed by atoms with Gasteiger partial charge in [-0.2, -0.15) is 0 Å². The van der Waals surface area contributed by atoms with Crippen molar-refractivity contribution in [1.82, 2.24) is 4.90 Å². The molecule has 0 unspecified atom stereocenters. The largest absolute Gasteiger partial charge is 0.460 e. The SMILES string of the molecule is C=C(CC(=O)N(C)C)C(=O)OCCO[Si](C)(C)C. The molecule has 0 N–H and O–H groups in total. The van der Waals surface area contributed by atoms with E-state index in [2.05, 4.69) is 26.2 Å². The molecule has 0 rings (SSSR count). The van der Waals surface area contributed by atoms with E-state index >= 15 is 0 Å². The summed E-state index contributed by atoms with van der Waals surface area (Å²) in [5, 5.41) is 0. The monoisotopic (exact) mass is 273 g/mol. The van der Waals surface area contributed by atoms with Gasteiger partial charge in [-0.25, -0.2) is 4.79 Å². The molecule has 6 heteroatoms. The lowest BCUT2D eigenvalue weighted by Crippen LogP contribution is -2.28. The zero-order chi connectivity index (χ0) is 14.3. The van der Waals surface area contributed by atoms with Crippen LogP contribution < -0.4 is 0 Å². The van der Waals surface area contributed by atoms with E-state index in [0.29, 0.717) is 6.61 Å². The summed E-state index contributed by atoms with van der Waals surface area (Å²) in [4.78, 5) is 24.3. The van der Waals surface area contributed by atoms with E-state index < -0.39 is 14.3 Å². The van der Waals surface area contributed by atoms with Crippen LogP contribution in [-0.2, 0) is 18.8 Å². The van der Waals surface area contributed by atoms with E-state index in [1.165, 1.54) is 4.90 Å². The fourth-order valence-electron chi connectivity index (χ4n) is 0.997. The number of carbonyl (C=O) groups excluding carboxylic acids is 2. The summed E-state index contributed by atoms with van der Waals surface area (Å²) in [7, 11) is 1.68. The third kappa shape index (κ3) is 8.02. The van der Waals surface area contributed by atoms with Gasteiger partial charge in [0, 0.05) is 19.7 Å². The Kier molecular flexibility index (Phi) is 6.86. The van der Waals surface area contributed by atoms with Crippen molar-refractivity contribution in [2.75, 3.05) is 27.3 Å². The van der Waals surface area contributed by atoms with Crippen LogP contribution in [-0.4, -0.2) is 52.4 Å². The van der Waals surface area contributed by atoms with Crippen molar-refractivity contribution in [2.24, 2.45) is 0 Å². The molecule has 104 valence electrons. The summed E-state index contributed by atoms with van der Waals surface area (Å²) in [6.07, 6.45) is -0.0132. The number of esters is 1. The first-order chi connectivity index (χ1) is 8.13. The molecular formula is C12H23NO4Si. The second-order valence-corrected chi connectivity index (χ2v) is 9.68. The van der Waals surface area contributed by atoms with Crippen LogP contribution in [0.2, 0.25) is 19.6 Å². The van der Waals surface area contributed by atoms with Crippen LogP contribution in [0.25, 0.3) is 0 Å². The molecule has 0 atom stereocenters. The summed E-state index contributed by atoms with van der Waals surface area (Å²) >= 11 is 0. The Morgan fingerprint density at radius 1 is 1.17 bits per heavy atom. The summed E-state index contributed by atoms with van der Waals surface area (Å²) in [6.45, 7) is 10.3. The molecule has 0 aromatic rings. The lowest BCUT2D eigenvalue weighted by Gasteiger charge is -2.17. The molecular weight excluding hydrogens is 250 g/mol. The summed E-state index contributed by atoms with van der Waals surface area (Å²) in [5.74, 6) is -0.709. The van der Waals surface area contributed by atoms with E-state index in [-0.39, 0.29) is 24.5 Å². The summed E-state index contributed by atoms with van der Waals surface area (Å²) in [6, 6.07) is 0. The van der Waals surface area contributed by atoms with Crippen LogP contribution in [0.5, 0.6) is 0 Å². The van der Waals surface area contributed by atoms with Gasteiger partial charge in [0.15, 0.2) is 8.32 Å².